The van der Waals surface area contributed by atoms with E-state index in [9.17, 15) is 32.3 Å². The molecule has 6 N–H and O–H groups in total. The average molecular weight is 567 g/mol. The Hall–Kier alpha value is -3.92. The highest BCUT2D eigenvalue weighted by atomic mass is 35.5. The molecule has 1 aromatic heterocycles. The highest BCUT2D eigenvalue weighted by molar-refractivity contribution is 6.31. The summed E-state index contributed by atoms with van der Waals surface area (Å²) in [6, 6.07) is 1.21. The zero-order valence-electron chi connectivity index (χ0n) is 19.4. The molecule has 0 bridgehead atoms. The number of carbonyl (C=O) groups is 2. The summed E-state index contributed by atoms with van der Waals surface area (Å²) in [4.78, 5) is 28.7. The minimum Gasteiger partial charge on any atom is -0.478 e. The Labute approximate surface area is 215 Å². The van der Waals surface area contributed by atoms with Crippen LogP contribution >= 0.6 is 11.6 Å². The number of hydrogen-bond acceptors (Lipinski definition) is 9. The average Bonchev–Trinajstić information content (AvgIpc) is 3.27. The third kappa shape index (κ3) is 5.96. The lowest BCUT2D eigenvalue weighted by molar-refractivity contribution is -0.140. The first kappa shape index (κ1) is 28.6. The summed E-state index contributed by atoms with van der Waals surface area (Å²) in [6.45, 7) is -2.10. The molecule has 206 valence electrons. The van der Waals surface area contributed by atoms with Crippen LogP contribution in [0.25, 0.3) is 0 Å². The first-order chi connectivity index (χ1) is 17.9. The van der Waals surface area contributed by atoms with Crippen molar-refractivity contribution in [2.45, 2.75) is 12.1 Å². The van der Waals surface area contributed by atoms with E-state index >= 15 is 4.39 Å². The van der Waals surface area contributed by atoms with Gasteiger partial charge in [-0.3, -0.25) is 0 Å². The Kier molecular flexibility index (Phi) is 8.78. The number of nitrogen functional groups attached to an aromatic ring is 1. The normalized spacial score (nSPS) is 15.9. The van der Waals surface area contributed by atoms with Gasteiger partial charge < -0.3 is 30.9 Å². The summed E-state index contributed by atoms with van der Waals surface area (Å²) in [7, 11) is 0.846. The molecule has 0 aliphatic carbocycles. The van der Waals surface area contributed by atoms with Crippen molar-refractivity contribution in [1.82, 2.24) is 20.5 Å². The molecule has 1 aromatic carbocycles. The van der Waals surface area contributed by atoms with Gasteiger partial charge in [-0.2, -0.15) is 18.2 Å². The molecule has 0 saturated carbocycles. The molecule has 38 heavy (non-hydrogen) atoms. The van der Waals surface area contributed by atoms with Crippen LogP contribution in [0.3, 0.4) is 0 Å². The minimum atomic E-state index is -5.27. The van der Waals surface area contributed by atoms with Gasteiger partial charge >= 0.3 is 18.1 Å². The first-order valence-corrected chi connectivity index (χ1v) is 10.9. The molecule has 0 fully saturated rings. The number of carboxylic acid groups (broad SMARTS) is 1. The zero-order chi connectivity index (χ0) is 28.2. The lowest BCUT2D eigenvalue weighted by Gasteiger charge is -2.32. The fraction of sp³-hybridized carbons (Fsp3) is 0.333. The Balaban J connectivity index is 2.08. The number of nitrogens with zero attached hydrogens (tertiary/aromatic N) is 2. The lowest BCUT2D eigenvalue weighted by Crippen LogP contribution is -2.36. The number of benzene rings is 1. The molecule has 1 aliphatic heterocycles. The number of carbonyl (C=O) groups excluding carboxylic acids is 1. The van der Waals surface area contributed by atoms with E-state index < -0.39 is 81.8 Å². The molecule has 0 spiro atoms. The Morgan fingerprint density at radius 1 is 1.26 bits per heavy atom. The number of esters is 1. The number of halogens is 6. The van der Waals surface area contributed by atoms with Crippen LogP contribution in [0.5, 0.6) is 0 Å². The summed E-state index contributed by atoms with van der Waals surface area (Å²) in [5.74, 6) is -6.81. The number of nitrogens with one attached hydrogen (secondary N) is 3. The van der Waals surface area contributed by atoms with Crippen molar-refractivity contribution >= 4 is 35.4 Å². The number of nitrogens with two attached hydrogens (primary N) is 1. The van der Waals surface area contributed by atoms with Gasteiger partial charge in [0.2, 0.25) is 11.9 Å². The fourth-order valence-corrected chi connectivity index (χ4v) is 4.09. The molecule has 1 atom stereocenters. The van der Waals surface area contributed by atoms with E-state index in [-0.39, 0.29) is 25.0 Å². The second-order valence-corrected chi connectivity index (χ2v) is 8.02. The summed E-state index contributed by atoms with van der Waals surface area (Å²) in [5, 5.41) is 20.2. The number of H-pyrrole nitrogens is 1. The summed E-state index contributed by atoms with van der Waals surface area (Å²) in [5.41, 5.74) is -0.429. The minimum absolute atomic E-state index is 0.0422. The zero-order valence-corrected chi connectivity index (χ0v) is 20.1. The number of carboxylic acids is 1. The number of methoxy groups -OCH3 is 1. The number of alkyl halides is 4. The number of anilines is 2. The van der Waals surface area contributed by atoms with Crippen LogP contribution < -0.4 is 16.4 Å². The van der Waals surface area contributed by atoms with Crippen molar-refractivity contribution in [3.63, 3.8) is 0 Å². The lowest BCUT2D eigenvalue weighted by atomic mass is 9.78. The smallest absolute Gasteiger partial charge is 0.418 e. The van der Waals surface area contributed by atoms with Crippen molar-refractivity contribution in [3.8, 4) is 0 Å². The molecule has 3 rings (SSSR count). The van der Waals surface area contributed by atoms with Gasteiger partial charge in [0.05, 0.1) is 59.4 Å². The molecule has 0 radical (unpaired) electrons. The topological polar surface area (TPSA) is 164 Å². The number of rotatable bonds is 10. The van der Waals surface area contributed by atoms with E-state index in [1.54, 1.807) is 0 Å². The molecule has 2 heterocycles. The number of allylic oxidation sites excluding steroid dienone is 1. The standard InChI is InChI=1S/C21H20ClF5N6O5/c1-37-18(36)14-10(6-23)30-11(7-38-5-4-29-20-31-19(28)32-33-20)13(17(34)35)15(14)12-9(24)3-2-8(22)16(12)21(25,26)27/h2-3,15,30H,4-7H2,1H3,(H,34,35)(H4,28,29,31,32,33). The maximum Gasteiger partial charge on any atom is 0.418 e. The highest BCUT2D eigenvalue weighted by Gasteiger charge is 2.46. The molecule has 0 saturated heterocycles. The highest BCUT2D eigenvalue weighted by Crippen LogP contribution is 2.47. The monoisotopic (exact) mass is 566 g/mol. The SMILES string of the molecule is COC(=O)C1=C(CF)NC(COCCNc2n[nH]c(N)n2)=C(C(=O)O)C1c1c(F)ccc(Cl)c1C(F)(F)F. The van der Waals surface area contributed by atoms with Crippen LogP contribution in [0.1, 0.15) is 17.0 Å². The second-order valence-electron chi connectivity index (χ2n) is 7.61. The predicted molar refractivity (Wildman–Crippen MR) is 122 cm³/mol. The van der Waals surface area contributed by atoms with Gasteiger partial charge in [0, 0.05) is 12.1 Å². The molecular formula is C21H20ClF5N6O5. The Morgan fingerprint density at radius 3 is 2.53 bits per heavy atom. The van der Waals surface area contributed by atoms with Crippen LogP contribution in [0.15, 0.2) is 34.7 Å². The van der Waals surface area contributed by atoms with Crippen LogP contribution in [0, 0.1) is 5.82 Å². The van der Waals surface area contributed by atoms with Crippen LogP contribution in [-0.2, 0) is 25.2 Å². The number of aliphatic carboxylic acids is 1. The number of ether oxygens (including phenoxy) is 2. The third-order valence-corrected chi connectivity index (χ3v) is 5.61. The van der Waals surface area contributed by atoms with Gasteiger partial charge in [-0.1, -0.05) is 11.6 Å². The van der Waals surface area contributed by atoms with E-state index in [0.717, 1.165) is 7.11 Å². The number of aromatic nitrogens is 3. The molecule has 1 aliphatic rings. The van der Waals surface area contributed by atoms with Crippen LogP contribution in [-0.4, -0.2) is 65.8 Å². The third-order valence-electron chi connectivity index (χ3n) is 5.29. The number of hydrogen-bond donors (Lipinski definition) is 5. The van der Waals surface area contributed by atoms with Gasteiger partial charge in [0.1, 0.15) is 12.5 Å². The molecular weight excluding hydrogens is 547 g/mol. The van der Waals surface area contributed by atoms with Gasteiger partial charge in [-0.05, 0) is 12.1 Å². The fourth-order valence-electron chi connectivity index (χ4n) is 3.82. The maximum atomic E-state index is 15.1. The molecule has 1 unspecified atom stereocenters. The molecule has 17 heteroatoms. The van der Waals surface area contributed by atoms with Crippen LogP contribution in [0.2, 0.25) is 5.02 Å². The van der Waals surface area contributed by atoms with E-state index in [1.807, 2.05) is 0 Å². The van der Waals surface area contributed by atoms with E-state index in [0.29, 0.717) is 12.1 Å². The van der Waals surface area contributed by atoms with Crippen LogP contribution in [0.4, 0.5) is 33.8 Å². The maximum absolute atomic E-state index is 15.1. The van der Waals surface area contributed by atoms with E-state index in [1.165, 1.54) is 0 Å². The van der Waals surface area contributed by atoms with Crippen molar-refractivity contribution < 1.29 is 46.1 Å². The van der Waals surface area contributed by atoms with Crippen molar-refractivity contribution in [3.05, 3.63) is 56.6 Å². The summed E-state index contributed by atoms with van der Waals surface area (Å²) in [6.07, 6.45) is -5.27. The number of aromatic amines is 1. The summed E-state index contributed by atoms with van der Waals surface area (Å²) < 4.78 is 81.1. The predicted octanol–water partition coefficient (Wildman–Crippen LogP) is 2.75. The van der Waals surface area contributed by atoms with Crippen molar-refractivity contribution in [2.75, 3.05) is 44.6 Å². The quantitative estimate of drug-likeness (QED) is 0.164. The number of dihydropyridines is 1. The Morgan fingerprint density at radius 2 is 1.97 bits per heavy atom. The largest absolute Gasteiger partial charge is 0.478 e. The molecule has 0 amide bonds. The first-order valence-electron chi connectivity index (χ1n) is 10.6. The summed E-state index contributed by atoms with van der Waals surface area (Å²) >= 11 is 5.75. The van der Waals surface area contributed by atoms with Gasteiger partial charge in [0.25, 0.3) is 0 Å². The van der Waals surface area contributed by atoms with Gasteiger partial charge in [-0.25, -0.2) is 23.5 Å². The van der Waals surface area contributed by atoms with E-state index in [4.69, 9.17) is 22.1 Å². The second kappa shape index (κ2) is 11.6. The van der Waals surface area contributed by atoms with Gasteiger partial charge in [0.15, 0.2) is 0 Å². The van der Waals surface area contributed by atoms with Gasteiger partial charge in [-0.15, -0.1) is 5.10 Å². The van der Waals surface area contributed by atoms with Crippen molar-refractivity contribution in [1.29, 1.82) is 0 Å². The molecule has 11 nitrogen and oxygen atoms in total. The molecule has 2 aromatic rings. The van der Waals surface area contributed by atoms with E-state index in [2.05, 4.69) is 30.6 Å². The Bertz CT molecular complexity index is 1300. The van der Waals surface area contributed by atoms with Crippen molar-refractivity contribution in [2.24, 2.45) is 0 Å².